The SMILES string of the molecule is CSCC(C)(O)CNc1ncncc1N. The summed E-state index contributed by atoms with van der Waals surface area (Å²) < 4.78 is 0. The van der Waals surface area contributed by atoms with Crippen LogP contribution in [0.25, 0.3) is 0 Å². The molecule has 6 heteroatoms. The van der Waals surface area contributed by atoms with E-state index in [4.69, 9.17) is 5.73 Å². The van der Waals surface area contributed by atoms with E-state index in [1.807, 2.05) is 6.26 Å². The standard InChI is InChI=1S/C9H16N4OS/c1-9(14,5-15-2)4-12-8-7(10)3-11-6-13-8/h3,6,14H,4-5,10H2,1-2H3,(H,11,12,13). The fourth-order valence-electron chi connectivity index (χ4n) is 1.12. The molecule has 0 amide bonds. The Morgan fingerprint density at radius 2 is 2.40 bits per heavy atom. The van der Waals surface area contributed by atoms with Gasteiger partial charge in [-0.15, -0.1) is 0 Å². The van der Waals surface area contributed by atoms with Crippen molar-refractivity contribution in [2.75, 3.05) is 29.6 Å². The van der Waals surface area contributed by atoms with Crippen LogP contribution in [0.2, 0.25) is 0 Å². The second kappa shape index (κ2) is 5.18. The van der Waals surface area contributed by atoms with Gasteiger partial charge in [0.25, 0.3) is 0 Å². The minimum Gasteiger partial charge on any atom is -0.394 e. The molecule has 0 aliphatic heterocycles. The van der Waals surface area contributed by atoms with Crippen LogP contribution in [-0.4, -0.2) is 39.2 Å². The molecule has 0 aliphatic carbocycles. The Morgan fingerprint density at radius 1 is 1.67 bits per heavy atom. The molecule has 0 spiro atoms. The van der Waals surface area contributed by atoms with Crippen molar-refractivity contribution in [3.8, 4) is 0 Å². The summed E-state index contributed by atoms with van der Waals surface area (Å²) in [7, 11) is 0. The van der Waals surface area contributed by atoms with Crippen LogP contribution in [0.1, 0.15) is 6.92 Å². The van der Waals surface area contributed by atoms with Crippen molar-refractivity contribution in [2.24, 2.45) is 0 Å². The van der Waals surface area contributed by atoms with E-state index in [1.165, 1.54) is 12.5 Å². The van der Waals surface area contributed by atoms with Crippen LogP contribution < -0.4 is 11.1 Å². The summed E-state index contributed by atoms with van der Waals surface area (Å²) in [5.41, 5.74) is 5.37. The molecule has 1 aromatic heterocycles. The van der Waals surface area contributed by atoms with E-state index in [0.717, 1.165) is 0 Å². The van der Waals surface area contributed by atoms with Gasteiger partial charge >= 0.3 is 0 Å². The van der Waals surface area contributed by atoms with Gasteiger partial charge in [0, 0.05) is 12.3 Å². The molecule has 1 aromatic rings. The third-order valence-corrected chi connectivity index (χ3v) is 2.74. The molecule has 0 saturated heterocycles. The van der Waals surface area contributed by atoms with Crippen LogP contribution in [0.15, 0.2) is 12.5 Å². The fourth-order valence-corrected chi connectivity index (χ4v) is 1.85. The molecule has 0 fully saturated rings. The van der Waals surface area contributed by atoms with Gasteiger partial charge in [-0.25, -0.2) is 9.97 Å². The number of aromatic nitrogens is 2. The van der Waals surface area contributed by atoms with Gasteiger partial charge in [0.15, 0.2) is 5.82 Å². The number of hydrogen-bond donors (Lipinski definition) is 3. The Bertz CT molecular complexity index is 319. The second-order valence-electron chi connectivity index (χ2n) is 3.61. The number of nitrogens with two attached hydrogens (primary N) is 1. The summed E-state index contributed by atoms with van der Waals surface area (Å²) in [6.07, 6.45) is 4.90. The maximum absolute atomic E-state index is 9.90. The third kappa shape index (κ3) is 3.93. The first-order valence-electron chi connectivity index (χ1n) is 4.56. The first-order valence-corrected chi connectivity index (χ1v) is 5.95. The molecule has 1 heterocycles. The monoisotopic (exact) mass is 228 g/mol. The Labute approximate surface area is 93.5 Å². The predicted molar refractivity (Wildman–Crippen MR) is 63.9 cm³/mol. The van der Waals surface area contributed by atoms with E-state index >= 15 is 0 Å². The number of nitrogen functional groups attached to an aromatic ring is 1. The molecule has 0 aromatic carbocycles. The molecule has 1 rings (SSSR count). The van der Waals surface area contributed by atoms with E-state index in [-0.39, 0.29) is 0 Å². The quantitative estimate of drug-likeness (QED) is 0.684. The zero-order chi connectivity index (χ0) is 11.3. The highest BCUT2D eigenvalue weighted by molar-refractivity contribution is 7.98. The van der Waals surface area contributed by atoms with Crippen LogP contribution in [0.3, 0.4) is 0 Å². The molecular formula is C9H16N4OS. The van der Waals surface area contributed by atoms with Gasteiger partial charge in [-0.2, -0.15) is 11.8 Å². The van der Waals surface area contributed by atoms with E-state index in [1.54, 1.807) is 18.7 Å². The Kier molecular flexibility index (Phi) is 4.16. The molecule has 0 saturated carbocycles. The van der Waals surface area contributed by atoms with Crippen LogP contribution in [0.5, 0.6) is 0 Å². The lowest BCUT2D eigenvalue weighted by molar-refractivity contribution is 0.0996. The van der Waals surface area contributed by atoms with E-state index in [2.05, 4.69) is 15.3 Å². The summed E-state index contributed by atoms with van der Waals surface area (Å²) >= 11 is 1.59. The highest BCUT2D eigenvalue weighted by atomic mass is 32.2. The predicted octanol–water partition coefficient (Wildman–Crippen LogP) is 0.585. The van der Waals surface area contributed by atoms with E-state index in [9.17, 15) is 5.11 Å². The largest absolute Gasteiger partial charge is 0.394 e. The van der Waals surface area contributed by atoms with Crippen molar-refractivity contribution in [2.45, 2.75) is 12.5 Å². The van der Waals surface area contributed by atoms with Crippen LogP contribution in [0.4, 0.5) is 11.5 Å². The van der Waals surface area contributed by atoms with E-state index < -0.39 is 5.60 Å². The fraction of sp³-hybridized carbons (Fsp3) is 0.556. The van der Waals surface area contributed by atoms with Gasteiger partial charge in [-0.05, 0) is 13.2 Å². The first-order chi connectivity index (χ1) is 7.05. The van der Waals surface area contributed by atoms with Crippen molar-refractivity contribution in [3.63, 3.8) is 0 Å². The molecule has 0 radical (unpaired) electrons. The normalized spacial score (nSPS) is 14.6. The van der Waals surface area contributed by atoms with Crippen LogP contribution in [0, 0.1) is 0 Å². The summed E-state index contributed by atoms with van der Waals surface area (Å²) in [4.78, 5) is 7.76. The van der Waals surface area contributed by atoms with Gasteiger partial charge in [0.1, 0.15) is 6.33 Å². The van der Waals surface area contributed by atoms with Crippen molar-refractivity contribution in [1.82, 2.24) is 9.97 Å². The van der Waals surface area contributed by atoms with Crippen molar-refractivity contribution in [3.05, 3.63) is 12.5 Å². The molecule has 0 aliphatic rings. The molecule has 5 nitrogen and oxygen atoms in total. The Morgan fingerprint density at radius 3 is 3.00 bits per heavy atom. The maximum Gasteiger partial charge on any atom is 0.152 e. The summed E-state index contributed by atoms with van der Waals surface area (Å²) in [6.45, 7) is 2.18. The number of thioether (sulfide) groups is 1. The number of nitrogens with zero attached hydrogens (tertiary/aromatic N) is 2. The number of aliphatic hydroxyl groups is 1. The highest BCUT2D eigenvalue weighted by Crippen LogP contribution is 2.15. The van der Waals surface area contributed by atoms with Crippen LogP contribution >= 0.6 is 11.8 Å². The minimum atomic E-state index is -0.767. The number of nitrogens with one attached hydrogen (secondary N) is 1. The van der Waals surface area contributed by atoms with Gasteiger partial charge in [-0.1, -0.05) is 0 Å². The van der Waals surface area contributed by atoms with Gasteiger partial charge in [0.05, 0.1) is 17.5 Å². The first kappa shape index (κ1) is 12.1. The lowest BCUT2D eigenvalue weighted by Crippen LogP contribution is -2.36. The zero-order valence-electron chi connectivity index (χ0n) is 8.90. The van der Waals surface area contributed by atoms with Crippen LogP contribution in [-0.2, 0) is 0 Å². The molecule has 1 unspecified atom stereocenters. The Balaban J connectivity index is 2.53. The average molecular weight is 228 g/mol. The Hall–Kier alpha value is -1.01. The number of rotatable bonds is 5. The lowest BCUT2D eigenvalue weighted by Gasteiger charge is -2.23. The third-order valence-electron chi connectivity index (χ3n) is 1.83. The lowest BCUT2D eigenvalue weighted by atomic mass is 10.1. The molecule has 15 heavy (non-hydrogen) atoms. The molecule has 4 N–H and O–H groups in total. The number of anilines is 2. The van der Waals surface area contributed by atoms with Crippen molar-refractivity contribution >= 4 is 23.3 Å². The summed E-state index contributed by atoms with van der Waals surface area (Å²) in [5, 5.41) is 12.9. The summed E-state index contributed by atoms with van der Waals surface area (Å²) in [5.74, 6) is 1.22. The molecule has 1 atom stereocenters. The summed E-state index contributed by atoms with van der Waals surface area (Å²) in [6, 6.07) is 0. The van der Waals surface area contributed by atoms with Gasteiger partial charge < -0.3 is 16.2 Å². The highest BCUT2D eigenvalue weighted by Gasteiger charge is 2.19. The van der Waals surface area contributed by atoms with Gasteiger partial charge in [0.2, 0.25) is 0 Å². The van der Waals surface area contributed by atoms with E-state index in [0.29, 0.717) is 23.8 Å². The maximum atomic E-state index is 9.90. The molecule has 84 valence electrons. The van der Waals surface area contributed by atoms with Crippen molar-refractivity contribution < 1.29 is 5.11 Å². The topological polar surface area (TPSA) is 84.1 Å². The second-order valence-corrected chi connectivity index (χ2v) is 4.48. The number of hydrogen-bond acceptors (Lipinski definition) is 6. The molecular weight excluding hydrogens is 212 g/mol. The zero-order valence-corrected chi connectivity index (χ0v) is 9.71. The van der Waals surface area contributed by atoms with Crippen molar-refractivity contribution in [1.29, 1.82) is 0 Å². The minimum absolute atomic E-state index is 0.412. The average Bonchev–Trinajstić information content (AvgIpc) is 2.16. The van der Waals surface area contributed by atoms with Gasteiger partial charge in [-0.3, -0.25) is 0 Å². The molecule has 0 bridgehead atoms. The smallest absolute Gasteiger partial charge is 0.152 e.